The highest BCUT2D eigenvalue weighted by Gasteiger charge is 2.38. The molecule has 1 fully saturated rings. The van der Waals surface area contributed by atoms with Crippen molar-refractivity contribution in [1.82, 2.24) is 5.32 Å². The summed E-state index contributed by atoms with van der Waals surface area (Å²) in [5.74, 6) is 0. The summed E-state index contributed by atoms with van der Waals surface area (Å²) in [4.78, 5) is 0. The minimum absolute atomic E-state index is 0.0659. The summed E-state index contributed by atoms with van der Waals surface area (Å²) in [5.41, 5.74) is 1.18. The van der Waals surface area contributed by atoms with E-state index in [0.29, 0.717) is 16.1 Å². The molecule has 2 nitrogen and oxygen atoms in total. The van der Waals surface area contributed by atoms with Gasteiger partial charge in [-0.05, 0) is 56.7 Å². The molecule has 1 aliphatic carbocycles. The summed E-state index contributed by atoms with van der Waals surface area (Å²) < 4.78 is 5.78. The molecule has 0 aromatic heterocycles. The van der Waals surface area contributed by atoms with Crippen molar-refractivity contribution in [2.75, 3.05) is 13.7 Å². The Labute approximate surface area is 138 Å². The van der Waals surface area contributed by atoms with Crippen LogP contribution in [0.1, 0.15) is 44.6 Å². The first-order valence-corrected chi connectivity index (χ1v) is 8.57. The molecule has 0 spiro atoms. The van der Waals surface area contributed by atoms with Gasteiger partial charge in [-0.25, -0.2) is 0 Å². The summed E-state index contributed by atoms with van der Waals surface area (Å²) in [6, 6.07) is 6.25. The first-order valence-electron chi connectivity index (χ1n) is 7.81. The highest BCUT2D eigenvalue weighted by Crippen LogP contribution is 2.39. The van der Waals surface area contributed by atoms with Gasteiger partial charge in [0, 0.05) is 13.2 Å². The Kier molecular flexibility index (Phi) is 6.36. The summed E-state index contributed by atoms with van der Waals surface area (Å²) in [6.07, 6.45) is 6.65. The Morgan fingerprint density at radius 2 is 2.10 bits per heavy atom. The minimum Gasteiger partial charge on any atom is -0.378 e. The van der Waals surface area contributed by atoms with Crippen molar-refractivity contribution in [3.8, 4) is 0 Å². The fourth-order valence-corrected chi connectivity index (χ4v) is 3.45. The molecule has 1 aromatic carbocycles. The van der Waals surface area contributed by atoms with E-state index in [0.717, 1.165) is 44.2 Å². The van der Waals surface area contributed by atoms with Crippen molar-refractivity contribution in [3.63, 3.8) is 0 Å². The van der Waals surface area contributed by atoms with Crippen LogP contribution in [0.5, 0.6) is 0 Å². The Hall–Kier alpha value is -0.280. The zero-order valence-corrected chi connectivity index (χ0v) is 14.4. The lowest BCUT2D eigenvalue weighted by atomic mass is 9.75. The van der Waals surface area contributed by atoms with E-state index in [1.165, 1.54) is 6.42 Å². The topological polar surface area (TPSA) is 21.3 Å². The third-order valence-electron chi connectivity index (χ3n) is 4.50. The average molecular weight is 330 g/mol. The molecule has 2 rings (SSSR count). The molecular formula is C17H25Cl2NO. The van der Waals surface area contributed by atoms with Gasteiger partial charge in [-0.1, -0.05) is 42.3 Å². The minimum atomic E-state index is 0.0659. The molecule has 1 atom stereocenters. The standard InChI is InChI=1S/C17H25Cl2NO/c1-3-10-20-14(12-17(21-2)8-5-9-17)11-13-6-4-7-15(18)16(13)19/h4,6-7,14,20H,3,5,8-12H2,1-2H3. The lowest BCUT2D eigenvalue weighted by Gasteiger charge is -2.43. The number of rotatable bonds is 8. The lowest BCUT2D eigenvalue weighted by molar-refractivity contribution is -0.0833. The van der Waals surface area contributed by atoms with Gasteiger partial charge in [0.05, 0.1) is 15.6 Å². The second-order valence-electron chi connectivity index (χ2n) is 6.01. The molecule has 1 N–H and O–H groups in total. The molecule has 118 valence electrons. The first kappa shape index (κ1) is 17.1. The molecule has 1 unspecified atom stereocenters. The Bertz CT molecular complexity index is 455. The number of benzene rings is 1. The maximum Gasteiger partial charge on any atom is 0.0693 e. The molecule has 4 heteroatoms. The van der Waals surface area contributed by atoms with Crippen LogP contribution >= 0.6 is 23.2 Å². The van der Waals surface area contributed by atoms with Gasteiger partial charge in [-0.3, -0.25) is 0 Å². The molecule has 0 radical (unpaired) electrons. The maximum absolute atomic E-state index is 6.33. The van der Waals surface area contributed by atoms with E-state index in [1.54, 1.807) is 0 Å². The quantitative estimate of drug-likeness (QED) is 0.735. The van der Waals surface area contributed by atoms with Crippen LogP contribution in [0.25, 0.3) is 0 Å². The fraction of sp³-hybridized carbons (Fsp3) is 0.647. The van der Waals surface area contributed by atoms with Gasteiger partial charge >= 0.3 is 0 Å². The summed E-state index contributed by atoms with van der Waals surface area (Å²) in [6.45, 7) is 3.20. The molecular weight excluding hydrogens is 305 g/mol. The van der Waals surface area contributed by atoms with Crippen LogP contribution in [0, 0.1) is 0 Å². The van der Waals surface area contributed by atoms with E-state index in [4.69, 9.17) is 27.9 Å². The molecule has 0 amide bonds. The predicted molar refractivity (Wildman–Crippen MR) is 90.5 cm³/mol. The zero-order chi connectivity index (χ0) is 15.3. The maximum atomic E-state index is 6.33. The normalized spacial score (nSPS) is 18.3. The van der Waals surface area contributed by atoms with Crippen molar-refractivity contribution in [2.24, 2.45) is 0 Å². The molecule has 0 bridgehead atoms. The number of nitrogens with one attached hydrogen (secondary N) is 1. The van der Waals surface area contributed by atoms with Crippen molar-refractivity contribution in [3.05, 3.63) is 33.8 Å². The number of methoxy groups -OCH3 is 1. The number of halogens is 2. The van der Waals surface area contributed by atoms with Crippen molar-refractivity contribution < 1.29 is 4.74 Å². The molecule has 21 heavy (non-hydrogen) atoms. The molecule has 0 heterocycles. The van der Waals surface area contributed by atoms with Crippen LogP contribution in [0.15, 0.2) is 18.2 Å². The first-order chi connectivity index (χ1) is 10.1. The van der Waals surface area contributed by atoms with Crippen LogP contribution in [-0.2, 0) is 11.2 Å². The number of ether oxygens (including phenoxy) is 1. The van der Waals surface area contributed by atoms with Gasteiger partial charge in [0.25, 0.3) is 0 Å². The van der Waals surface area contributed by atoms with Gasteiger partial charge in [0.1, 0.15) is 0 Å². The lowest BCUT2D eigenvalue weighted by Crippen LogP contribution is -2.46. The van der Waals surface area contributed by atoms with Gasteiger partial charge in [0.2, 0.25) is 0 Å². The zero-order valence-electron chi connectivity index (χ0n) is 12.9. The molecule has 0 saturated heterocycles. The van der Waals surface area contributed by atoms with E-state index in [-0.39, 0.29) is 5.60 Å². The highest BCUT2D eigenvalue weighted by molar-refractivity contribution is 6.42. The monoisotopic (exact) mass is 329 g/mol. The molecule has 0 aliphatic heterocycles. The van der Waals surface area contributed by atoms with Crippen LogP contribution in [-0.4, -0.2) is 25.3 Å². The second-order valence-corrected chi connectivity index (χ2v) is 6.80. The van der Waals surface area contributed by atoms with E-state index >= 15 is 0 Å². The van der Waals surface area contributed by atoms with E-state index in [1.807, 2.05) is 19.2 Å². The van der Waals surface area contributed by atoms with Crippen LogP contribution in [0.3, 0.4) is 0 Å². The SMILES string of the molecule is CCCNC(Cc1cccc(Cl)c1Cl)CC1(OC)CCC1. The molecule has 1 saturated carbocycles. The Balaban J connectivity index is 2.06. The van der Waals surface area contributed by atoms with Gasteiger partial charge in [-0.2, -0.15) is 0 Å². The van der Waals surface area contributed by atoms with E-state index in [2.05, 4.69) is 18.3 Å². The van der Waals surface area contributed by atoms with E-state index in [9.17, 15) is 0 Å². The van der Waals surface area contributed by atoms with Crippen LogP contribution in [0.2, 0.25) is 10.0 Å². The Morgan fingerprint density at radius 1 is 1.33 bits per heavy atom. The van der Waals surface area contributed by atoms with Crippen LogP contribution in [0.4, 0.5) is 0 Å². The van der Waals surface area contributed by atoms with Gasteiger partial charge in [-0.15, -0.1) is 0 Å². The van der Waals surface area contributed by atoms with Crippen molar-refractivity contribution in [2.45, 2.75) is 57.1 Å². The molecule has 1 aromatic rings. The Morgan fingerprint density at radius 3 is 2.67 bits per heavy atom. The fourth-order valence-electron chi connectivity index (χ4n) is 3.05. The van der Waals surface area contributed by atoms with Crippen molar-refractivity contribution >= 4 is 23.2 Å². The molecule has 1 aliphatic rings. The number of hydrogen-bond donors (Lipinski definition) is 1. The number of hydrogen-bond acceptors (Lipinski definition) is 2. The third kappa shape index (κ3) is 4.35. The predicted octanol–water partition coefficient (Wildman–Crippen LogP) is 4.86. The van der Waals surface area contributed by atoms with E-state index < -0.39 is 0 Å². The van der Waals surface area contributed by atoms with Crippen molar-refractivity contribution in [1.29, 1.82) is 0 Å². The summed E-state index contributed by atoms with van der Waals surface area (Å²) in [7, 11) is 1.84. The van der Waals surface area contributed by atoms with Gasteiger partial charge < -0.3 is 10.1 Å². The van der Waals surface area contributed by atoms with Gasteiger partial charge in [0.15, 0.2) is 0 Å². The smallest absolute Gasteiger partial charge is 0.0693 e. The summed E-state index contributed by atoms with van der Waals surface area (Å²) >= 11 is 12.5. The summed E-state index contributed by atoms with van der Waals surface area (Å²) in [5, 5.41) is 4.96. The largest absolute Gasteiger partial charge is 0.378 e. The highest BCUT2D eigenvalue weighted by atomic mass is 35.5. The second kappa shape index (κ2) is 7.82. The third-order valence-corrected chi connectivity index (χ3v) is 5.36. The average Bonchev–Trinajstić information content (AvgIpc) is 2.44. The van der Waals surface area contributed by atoms with Crippen LogP contribution < -0.4 is 5.32 Å².